The van der Waals surface area contributed by atoms with Gasteiger partial charge in [0.05, 0.1) is 14.2 Å². The van der Waals surface area contributed by atoms with Gasteiger partial charge < -0.3 is 14.8 Å². The molecule has 4 rings (SSSR count). The SMILES string of the molecule is COc1cc(C)c(C=C2C(=O)Nc3ccccc32)cc1C(C)C.COc1cc(C)c(C=O)cc1C(C)C. The summed E-state index contributed by atoms with van der Waals surface area (Å²) in [5.41, 5.74) is 8.63. The van der Waals surface area contributed by atoms with Crippen molar-refractivity contribution in [1.82, 2.24) is 0 Å². The van der Waals surface area contributed by atoms with E-state index in [1.807, 2.05) is 62.4 Å². The Morgan fingerprint density at radius 1 is 0.784 bits per heavy atom. The molecule has 5 heteroatoms. The zero-order valence-corrected chi connectivity index (χ0v) is 23.1. The Bertz CT molecular complexity index is 1330. The summed E-state index contributed by atoms with van der Waals surface area (Å²) in [7, 11) is 3.35. The monoisotopic (exact) mass is 499 g/mol. The van der Waals surface area contributed by atoms with Crippen molar-refractivity contribution < 1.29 is 19.1 Å². The van der Waals surface area contributed by atoms with Crippen LogP contribution in [-0.2, 0) is 4.79 Å². The molecule has 0 saturated heterocycles. The van der Waals surface area contributed by atoms with Crippen LogP contribution in [0.2, 0.25) is 0 Å². The maximum absolute atomic E-state index is 12.3. The van der Waals surface area contributed by atoms with Crippen molar-refractivity contribution in [3.05, 3.63) is 87.5 Å². The Balaban J connectivity index is 0.000000233. The molecule has 0 aliphatic carbocycles. The predicted molar refractivity (Wildman–Crippen MR) is 152 cm³/mol. The summed E-state index contributed by atoms with van der Waals surface area (Å²) in [6, 6.07) is 15.8. The molecule has 0 spiro atoms. The van der Waals surface area contributed by atoms with Crippen molar-refractivity contribution in [3.63, 3.8) is 0 Å². The van der Waals surface area contributed by atoms with E-state index in [0.29, 0.717) is 17.4 Å². The molecule has 0 radical (unpaired) electrons. The highest BCUT2D eigenvalue weighted by Gasteiger charge is 2.24. The van der Waals surface area contributed by atoms with Crippen LogP contribution in [0.1, 0.15) is 83.3 Å². The maximum Gasteiger partial charge on any atom is 0.256 e. The molecule has 1 heterocycles. The van der Waals surface area contributed by atoms with Crippen LogP contribution in [0, 0.1) is 13.8 Å². The minimum Gasteiger partial charge on any atom is -0.496 e. The first-order valence-electron chi connectivity index (χ1n) is 12.6. The normalized spacial score (nSPS) is 13.2. The lowest BCUT2D eigenvalue weighted by Crippen LogP contribution is -2.04. The van der Waals surface area contributed by atoms with Gasteiger partial charge in [-0.1, -0.05) is 45.9 Å². The largest absolute Gasteiger partial charge is 0.496 e. The molecule has 0 fully saturated rings. The maximum atomic E-state index is 12.3. The first kappa shape index (κ1) is 27.7. The van der Waals surface area contributed by atoms with Gasteiger partial charge in [-0.25, -0.2) is 0 Å². The van der Waals surface area contributed by atoms with Crippen LogP contribution in [-0.4, -0.2) is 26.4 Å². The number of ether oxygens (including phenoxy) is 2. The average molecular weight is 500 g/mol. The van der Waals surface area contributed by atoms with Crippen LogP contribution in [0.5, 0.6) is 11.5 Å². The third kappa shape index (κ3) is 6.11. The number of nitrogens with one attached hydrogen (secondary N) is 1. The molecule has 1 aliphatic rings. The molecule has 0 bridgehead atoms. The molecular weight excluding hydrogens is 462 g/mol. The number of carbonyl (C=O) groups excluding carboxylic acids is 2. The Labute approximate surface area is 220 Å². The van der Waals surface area contributed by atoms with E-state index < -0.39 is 0 Å². The second kappa shape index (κ2) is 11.9. The van der Waals surface area contributed by atoms with Crippen LogP contribution >= 0.6 is 0 Å². The van der Waals surface area contributed by atoms with Gasteiger partial charge in [-0.2, -0.15) is 0 Å². The van der Waals surface area contributed by atoms with Crippen LogP contribution in [0.3, 0.4) is 0 Å². The summed E-state index contributed by atoms with van der Waals surface area (Å²) < 4.78 is 10.8. The molecule has 0 atom stereocenters. The van der Waals surface area contributed by atoms with Gasteiger partial charge in [-0.05, 0) is 89.9 Å². The molecule has 0 unspecified atom stereocenters. The van der Waals surface area contributed by atoms with Crippen molar-refractivity contribution in [2.24, 2.45) is 0 Å². The number of amides is 1. The summed E-state index contributed by atoms with van der Waals surface area (Å²) >= 11 is 0. The Morgan fingerprint density at radius 3 is 1.81 bits per heavy atom. The fourth-order valence-electron chi connectivity index (χ4n) is 4.41. The topological polar surface area (TPSA) is 64.6 Å². The number of para-hydroxylation sites is 1. The number of carbonyl (C=O) groups is 2. The molecule has 0 saturated carbocycles. The van der Waals surface area contributed by atoms with E-state index in [1.54, 1.807) is 14.2 Å². The molecule has 1 aliphatic heterocycles. The number of hydrogen-bond acceptors (Lipinski definition) is 4. The van der Waals surface area contributed by atoms with E-state index in [9.17, 15) is 9.59 Å². The van der Waals surface area contributed by atoms with Crippen molar-refractivity contribution in [2.75, 3.05) is 19.5 Å². The van der Waals surface area contributed by atoms with Gasteiger partial charge in [-0.3, -0.25) is 9.59 Å². The summed E-state index contributed by atoms with van der Waals surface area (Å²) in [6.07, 6.45) is 2.86. The van der Waals surface area contributed by atoms with E-state index in [4.69, 9.17) is 9.47 Å². The van der Waals surface area contributed by atoms with E-state index in [2.05, 4.69) is 39.1 Å². The van der Waals surface area contributed by atoms with E-state index >= 15 is 0 Å². The number of benzene rings is 3. The van der Waals surface area contributed by atoms with Gasteiger partial charge in [0.1, 0.15) is 17.8 Å². The van der Waals surface area contributed by atoms with Crippen molar-refractivity contribution in [3.8, 4) is 11.5 Å². The van der Waals surface area contributed by atoms with E-state index in [0.717, 1.165) is 62.4 Å². The lowest BCUT2D eigenvalue weighted by Gasteiger charge is -2.15. The van der Waals surface area contributed by atoms with Gasteiger partial charge in [0.15, 0.2) is 0 Å². The van der Waals surface area contributed by atoms with Gasteiger partial charge in [0, 0.05) is 22.4 Å². The summed E-state index contributed by atoms with van der Waals surface area (Å²) in [5, 5.41) is 2.92. The fourth-order valence-corrected chi connectivity index (χ4v) is 4.41. The summed E-state index contributed by atoms with van der Waals surface area (Å²) in [6.45, 7) is 12.4. The van der Waals surface area contributed by atoms with E-state index in [-0.39, 0.29) is 5.91 Å². The first-order chi connectivity index (χ1) is 17.6. The third-order valence-corrected chi connectivity index (χ3v) is 6.62. The number of methoxy groups -OCH3 is 2. The van der Waals surface area contributed by atoms with Crippen molar-refractivity contribution in [1.29, 1.82) is 0 Å². The van der Waals surface area contributed by atoms with Gasteiger partial charge >= 0.3 is 0 Å². The highest BCUT2D eigenvalue weighted by atomic mass is 16.5. The smallest absolute Gasteiger partial charge is 0.256 e. The van der Waals surface area contributed by atoms with Crippen LogP contribution in [0.25, 0.3) is 11.6 Å². The minimum absolute atomic E-state index is 0.0486. The van der Waals surface area contributed by atoms with Gasteiger partial charge in [0.25, 0.3) is 5.91 Å². The number of rotatable bonds is 6. The number of anilines is 1. The molecule has 0 aromatic heterocycles. The second-order valence-corrected chi connectivity index (χ2v) is 9.89. The predicted octanol–water partition coefficient (Wildman–Crippen LogP) is 7.56. The van der Waals surface area contributed by atoms with Crippen molar-refractivity contribution in [2.45, 2.75) is 53.4 Å². The third-order valence-electron chi connectivity index (χ3n) is 6.62. The van der Waals surface area contributed by atoms with Crippen LogP contribution < -0.4 is 14.8 Å². The number of aryl methyl sites for hydroxylation is 2. The van der Waals surface area contributed by atoms with Gasteiger partial charge in [0.2, 0.25) is 0 Å². The number of fused-ring (bicyclic) bond motifs is 1. The second-order valence-electron chi connectivity index (χ2n) is 9.89. The molecule has 37 heavy (non-hydrogen) atoms. The number of aldehydes is 1. The first-order valence-corrected chi connectivity index (χ1v) is 12.6. The lowest BCUT2D eigenvalue weighted by atomic mass is 9.94. The highest BCUT2D eigenvalue weighted by Crippen LogP contribution is 2.35. The quantitative estimate of drug-likeness (QED) is 0.281. The molecule has 3 aromatic rings. The van der Waals surface area contributed by atoms with Gasteiger partial charge in [-0.15, -0.1) is 0 Å². The molecule has 3 aromatic carbocycles. The zero-order valence-electron chi connectivity index (χ0n) is 23.1. The molecule has 5 nitrogen and oxygen atoms in total. The zero-order chi connectivity index (χ0) is 27.3. The standard InChI is InChI=1S/C20H21NO2.C12H16O2/c1-12(2)16-10-14(13(3)9-19(16)23-4)11-17-15-7-5-6-8-18(15)21-20(17)22;1-8(2)11-6-10(7-13)9(3)5-12(11)14-4/h5-12H,1-4H3,(H,21,22);5-8H,1-4H3. The lowest BCUT2D eigenvalue weighted by molar-refractivity contribution is -0.110. The number of hydrogen-bond donors (Lipinski definition) is 1. The Hall–Kier alpha value is -3.86. The van der Waals surface area contributed by atoms with E-state index in [1.165, 1.54) is 0 Å². The summed E-state index contributed by atoms with van der Waals surface area (Å²) in [5.74, 6) is 2.43. The molecular formula is C32H37NO4. The Morgan fingerprint density at radius 2 is 1.30 bits per heavy atom. The van der Waals surface area contributed by atoms with Crippen LogP contribution in [0.15, 0.2) is 48.5 Å². The Kier molecular flexibility index (Phi) is 8.93. The minimum atomic E-state index is -0.0486. The summed E-state index contributed by atoms with van der Waals surface area (Å²) in [4.78, 5) is 23.0. The molecule has 194 valence electrons. The van der Waals surface area contributed by atoms with Crippen molar-refractivity contribution >= 4 is 29.5 Å². The highest BCUT2D eigenvalue weighted by molar-refractivity contribution is 6.34. The fraction of sp³-hybridized carbons (Fsp3) is 0.312. The van der Waals surface area contributed by atoms with Crippen LogP contribution in [0.4, 0.5) is 5.69 Å². The molecule has 1 N–H and O–H groups in total. The molecule has 1 amide bonds. The average Bonchev–Trinajstić information content (AvgIpc) is 3.19.